The number of anilines is 1. The summed E-state index contributed by atoms with van der Waals surface area (Å²) >= 11 is 0. The Morgan fingerprint density at radius 3 is 2.75 bits per heavy atom. The second-order valence-corrected chi connectivity index (χ2v) is 5.43. The summed E-state index contributed by atoms with van der Waals surface area (Å²) in [5, 5.41) is 2.94. The Morgan fingerprint density at radius 1 is 1.30 bits per heavy atom. The van der Waals surface area contributed by atoms with Crippen molar-refractivity contribution in [2.45, 2.75) is 19.3 Å². The molecule has 0 unspecified atom stereocenters. The number of aromatic nitrogens is 1. The van der Waals surface area contributed by atoms with Crippen LogP contribution in [0.4, 0.5) is 5.69 Å². The van der Waals surface area contributed by atoms with Gasteiger partial charge in [0.1, 0.15) is 0 Å². The first-order valence-electron chi connectivity index (χ1n) is 6.53. The van der Waals surface area contributed by atoms with Crippen molar-refractivity contribution in [3.05, 3.63) is 59.9 Å². The molecule has 3 N–H and O–H groups in total. The van der Waals surface area contributed by atoms with E-state index in [0.29, 0.717) is 17.8 Å². The van der Waals surface area contributed by atoms with Gasteiger partial charge in [-0.1, -0.05) is 26.0 Å². The molecule has 4 nitrogen and oxygen atoms in total. The molecule has 4 heteroatoms. The molecule has 0 fully saturated rings. The molecule has 0 aliphatic carbocycles. The fraction of sp³-hybridized carbons (Fsp3) is 0.250. The quantitative estimate of drug-likeness (QED) is 0.837. The lowest BCUT2D eigenvalue weighted by Crippen LogP contribution is -2.36. The van der Waals surface area contributed by atoms with Gasteiger partial charge in [-0.25, -0.2) is 0 Å². The Balaban J connectivity index is 2.03. The molecule has 20 heavy (non-hydrogen) atoms. The molecule has 104 valence electrons. The minimum atomic E-state index is -0.176. The van der Waals surface area contributed by atoms with Crippen LogP contribution >= 0.6 is 0 Å². The Morgan fingerprint density at radius 2 is 2.10 bits per heavy atom. The topological polar surface area (TPSA) is 68.0 Å². The summed E-state index contributed by atoms with van der Waals surface area (Å²) in [6, 6.07) is 10.9. The second-order valence-electron chi connectivity index (χ2n) is 5.43. The Labute approximate surface area is 119 Å². The van der Waals surface area contributed by atoms with E-state index in [4.69, 9.17) is 5.73 Å². The summed E-state index contributed by atoms with van der Waals surface area (Å²) in [4.78, 5) is 16.2. The average molecular weight is 269 g/mol. The predicted molar refractivity (Wildman–Crippen MR) is 80.5 cm³/mol. The lowest BCUT2D eigenvalue weighted by Gasteiger charge is -2.25. The van der Waals surface area contributed by atoms with Crippen LogP contribution in [0.1, 0.15) is 29.8 Å². The number of carbonyl (C=O) groups excluding carboxylic acids is 1. The first-order valence-corrected chi connectivity index (χ1v) is 6.53. The molecule has 1 aromatic heterocycles. The van der Waals surface area contributed by atoms with Gasteiger partial charge in [0.25, 0.3) is 5.91 Å². The number of nitrogens with two attached hydrogens (primary N) is 1. The average Bonchev–Trinajstić information content (AvgIpc) is 2.46. The van der Waals surface area contributed by atoms with Crippen LogP contribution in [0.3, 0.4) is 0 Å². The van der Waals surface area contributed by atoms with Gasteiger partial charge in [0, 0.05) is 35.6 Å². The molecule has 0 saturated carbocycles. The number of amides is 1. The number of nitrogens with one attached hydrogen (secondary N) is 1. The molecule has 1 amide bonds. The summed E-state index contributed by atoms with van der Waals surface area (Å²) in [5.41, 5.74) is 7.76. The third kappa shape index (κ3) is 3.35. The molecule has 1 aromatic carbocycles. The molecule has 2 rings (SSSR count). The van der Waals surface area contributed by atoms with Gasteiger partial charge in [0.05, 0.1) is 0 Å². The van der Waals surface area contributed by atoms with E-state index in [1.165, 1.54) is 0 Å². The van der Waals surface area contributed by atoms with Crippen LogP contribution < -0.4 is 11.1 Å². The highest BCUT2D eigenvalue weighted by atomic mass is 16.1. The number of carbonyl (C=O) groups is 1. The van der Waals surface area contributed by atoms with E-state index >= 15 is 0 Å². The Kier molecular flexibility index (Phi) is 4.03. The highest BCUT2D eigenvalue weighted by Gasteiger charge is 2.21. The Bertz CT molecular complexity index is 594. The van der Waals surface area contributed by atoms with Gasteiger partial charge in [-0.3, -0.25) is 9.78 Å². The van der Waals surface area contributed by atoms with Gasteiger partial charge < -0.3 is 11.1 Å². The van der Waals surface area contributed by atoms with E-state index in [9.17, 15) is 4.79 Å². The van der Waals surface area contributed by atoms with Crippen LogP contribution in [0, 0.1) is 0 Å². The van der Waals surface area contributed by atoms with Crippen molar-refractivity contribution in [3.8, 4) is 0 Å². The van der Waals surface area contributed by atoms with Gasteiger partial charge >= 0.3 is 0 Å². The van der Waals surface area contributed by atoms with Crippen molar-refractivity contribution < 1.29 is 4.79 Å². The molecule has 0 atom stereocenters. The molecule has 0 radical (unpaired) electrons. The highest BCUT2D eigenvalue weighted by molar-refractivity contribution is 5.95. The van der Waals surface area contributed by atoms with Crippen molar-refractivity contribution >= 4 is 11.6 Å². The monoisotopic (exact) mass is 269 g/mol. The van der Waals surface area contributed by atoms with E-state index in [2.05, 4.69) is 24.1 Å². The van der Waals surface area contributed by atoms with Crippen LogP contribution in [-0.4, -0.2) is 17.4 Å². The smallest absolute Gasteiger partial charge is 0.251 e. The number of nitrogens with zero attached hydrogens (tertiary/aromatic N) is 1. The second kappa shape index (κ2) is 5.74. The molecule has 0 bridgehead atoms. The molecule has 0 aliphatic rings. The molecule has 0 aliphatic heterocycles. The van der Waals surface area contributed by atoms with E-state index in [1.54, 1.807) is 30.5 Å². The molecular formula is C16H19N3O. The van der Waals surface area contributed by atoms with Crippen LogP contribution in [0.15, 0.2) is 48.8 Å². The van der Waals surface area contributed by atoms with Gasteiger partial charge in [0.15, 0.2) is 0 Å². The summed E-state index contributed by atoms with van der Waals surface area (Å²) in [6.45, 7) is 4.68. The van der Waals surface area contributed by atoms with Crippen LogP contribution in [0.25, 0.3) is 0 Å². The number of hydrogen-bond donors (Lipinski definition) is 2. The zero-order valence-corrected chi connectivity index (χ0v) is 11.8. The van der Waals surface area contributed by atoms with Crippen molar-refractivity contribution in [2.24, 2.45) is 0 Å². The SMILES string of the molecule is CC(C)(CNC(=O)c1cccc(N)c1)c1cccnc1. The van der Waals surface area contributed by atoms with E-state index < -0.39 is 0 Å². The molecule has 1 heterocycles. The van der Waals surface area contributed by atoms with Crippen LogP contribution in [0.2, 0.25) is 0 Å². The molecular weight excluding hydrogens is 250 g/mol. The molecule has 0 spiro atoms. The number of rotatable bonds is 4. The molecule has 2 aromatic rings. The zero-order valence-electron chi connectivity index (χ0n) is 11.8. The number of benzene rings is 1. The van der Waals surface area contributed by atoms with E-state index in [-0.39, 0.29) is 11.3 Å². The minimum absolute atomic E-state index is 0.116. The Hall–Kier alpha value is -2.36. The summed E-state index contributed by atoms with van der Waals surface area (Å²) in [7, 11) is 0. The number of nitrogen functional groups attached to an aromatic ring is 1. The standard InChI is InChI=1S/C16H19N3O/c1-16(2,13-6-4-8-18-10-13)11-19-15(20)12-5-3-7-14(17)9-12/h3-10H,11,17H2,1-2H3,(H,19,20). The summed E-state index contributed by atoms with van der Waals surface area (Å²) in [5.74, 6) is -0.116. The highest BCUT2D eigenvalue weighted by Crippen LogP contribution is 2.21. The normalized spacial score (nSPS) is 11.1. The lowest BCUT2D eigenvalue weighted by atomic mass is 9.85. The predicted octanol–water partition coefficient (Wildman–Crippen LogP) is 2.37. The van der Waals surface area contributed by atoms with Gasteiger partial charge in [-0.15, -0.1) is 0 Å². The maximum atomic E-state index is 12.1. The van der Waals surface area contributed by atoms with Gasteiger partial charge in [0.2, 0.25) is 0 Å². The van der Waals surface area contributed by atoms with Gasteiger partial charge in [-0.2, -0.15) is 0 Å². The number of pyridine rings is 1. The van der Waals surface area contributed by atoms with Crippen molar-refractivity contribution in [1.29, 1.82) is 0 Å². The first kappa shape index (κ1) is 14.1. The third-order valence-corrected chi connectivity index (χ3v) is 3.28. The number of hydrogen-bond acceptors (Lipinski definition) is 3. The van der Waals surface area contributed by atoms with E-state index in [1.807, 2.05) is 18.3 Å². The van der Waals surface area contributed by atoms with Crippen molar-refractivity contribution in [2.75, 3.05) is 12.3 Å². The van der Waals surface area contributed by atoms with Crippen molar-refractivity contribution in [1.82, 2.24) is 10.3 Å². The zero-order chi connectivity index (χ0) is 14.6. The maximum Gasteiger partial charge on any atom is 0.251 e. The largest absolute Gasteiger partial charge is 0.399 e. The summed E-state index contributed by atoms with van der Waals surface area (Å²) in [6.07, 6.45) is 3.57. The summed E-state index contributed by atoms with van der Waals surface area (Å²) < 4.78 is 0. The van der Waals surface area contributed by atoms with E-state index in [0.717, 1.165) is 5.56 Å². The maximum absolute atomic E-state index is 12.1. The minimum Gasteiger partial charge on any atom is -0.399 e. The van der Waals surface area contributed by atoms with Crippen LogP contribution in [0.5, 0.6) is 0 Å². The fourth-order valence-corrected chi connectivity index (χ4v) is 1.95. The first-order chi connectivity index (χ1) is 9.49. The lowest BCUT2D eigenvalue weighted by molar-refractivity contribution is 0.0945. The van der Waals surface area contributed by atoms with Crippen LogP contribution in [-0.2, 0) is 5.41 Å². The van der Waals surface area contributed by atoms with Gasteiger partial charge in [-0.05, 0) is 29.8 Å². The third-order valence-electron chi connectivity index (χ3n) is 3.28. The fourth-order valence-electron chi connectivity index (χ4n) is 1.95. The van der Waals surface area contributed by atoms with Crippen molar-refractivity contribution in [3.63, 3.8) is 0 Å². The molecule has 0 saturated heterocycles.